The Bertz CT molecular complexity index is 3800. The molecule has 8 aromatic rings. The fourth-order valence-corrected chi connectivity index (χ4v) is 17.3. The van der Waals surface area contributed by atoms with Crippen LogP contribution in [0.2, 0.25) is 0 Å². The maximum Gasteiger partial charge on any atom is 0.252 e. The van der Waals surface area contributed by atoms with Crippen LogP contribution in [0.1, 0.15) is 180 Å². The highest BCUT2D eigenvalue weighted by molar-refractivity contribution is 7.26. The maximum atomic E-state index is 2.82. The van der Waals surface area contributed by atoms with Crippen LogP contribution in [0.3, 0.4) is 0 Å². The average Bonchev–Trinajstić information content (AvgIpc) is 3.67. The van der Waals surface area contributed by atoms with Crippen LogP contribution in [0.4, 0.5) is 45.5 Å². The van der Waals surface area contributed by atoms with E-state index in [1.165, 1.54) is 166 Å². The van der Waals surface area contributed by atoms with Crippen LogP contribution >= 0.6 is 11.3 Å². The third-order valence-corrected chi connectivity index (χ3v) is 22.3. The van der Waals surface area contributed by atoms with E-state index in [1.807, 2.05) is 11.3 Å². The zero-order valence-corrected chi connectivity index (χ0v) is 48.8. The van der Waals surface area contributed by atoms with Crippen LogP contribution in [0, 0.1) is 6.92 Å². The number of hydrogen-bond donors (Lipinski definition) is 0. The molecule has 1 aromatic heterocycles. The molecule has 4 heterocycles. The van der Waals surface area contributed by atoms with Crippen molar-refractivity contribution < 1.29 is 0 Å². The molecule has 0 spiro atoms. The minimum atomic E-state index is -0.0843. The summed E-state index contributed by atoms with van der Waals surface area (Å²) in [7, 11) is 0. The van der Waals surface area contributed by atoms with E-state index < -0.39 is 0 Å². The number of rotatable bonds is 3. The predicted octanol–water partition coefficient (Wildman–Crippen LogP) is 18.2. The van der Waals surface area contributed by atoms with Crippen molar-refractivity contribution in [3.8, 4) is 0 Å². The van der Waals surface area contributed by atoms with Gasteiger partial charge in [0.2, 0.25) is 0 Å². The van der Waals surface area contributed by atoms with E-state index in [2.05, 4.69) is 233 Å². The van der Waals surface area contributed by atoms with E-state index >= 15 is 0 Å². The van der Waals surface area contributed by atoms with Gasteiger partial charge in [0.05, 0.1) is 15.9 Å². The Hall–Kier alpha value is -5.78. The van der Waals surface area contributed by atoms with Crippen LogP contribution in [0.5, 0.6) is 0 Å². The van der Waals surface area contributed by atoms with Gasteiger partial charge in [0.15, 0.2) is 0 Å². The van der Waals surface area contributed by atoms with Gasteiger partial charge in [-0.3, -0.25) is 0 Å². The third kappa shape index (κ3) is 6.59. The summed E-state index contributed by atoms with van der Waals surface area (Å²) in [6.07, 6.45) is 9.62. The molecule has 3 nitrogen and oxygen atoms in total. The number of nitrogens with zero attached hydrogens (tertiary/aromatic N) is 3. The first kappa shape index (κ1) is 48.6. The van der Waals surface area contributed by atoms with Crippen molar-refractivity contribution >= 4 is 100 Å². The van der Waals surface area contributed by atoms with Gasteiger partial charge < -0.3 is 14.7 Å². The lowest BCUT2D eigenvalue weighted by Crippen LogP contribution is -2.62. The molecule has 0 amide bonds. The molecule has 6 aliphatic rings. The molecule has 14 rings (SSSR count). The molecular formula is C71H78BN3S. The first-order valence-corrected chi connectivity index (χ1v) is 29.8. The Morgan fingerprint density at radius 1 is 0.461 bits per heavy atom. The van der Waals surface area contributed by atoms with Gasteiger partial charge in [-0.25, -0.2) is 0 Å². The second kappa shape index (κ2) is 15.7. The molecule has 1 fully saturated rings. The van der Waals surface area contributed by atoms with Gasteiger partial charge in [0.25, 0.3) is 6.71 Å². The van der Waals surface area contributed by atoms with Crippen LogP contribution in [-0.2, 0) is 32.5 Å². The monoisotopic (exact) mass is 1020 g/mol. The van der Waals surface area contributed by atoms with Crippen LogP contribution in [0.25, 0.3) is 20.2 Å². The normalized spacial score (nSPS) is 23.1. The molecule has 0 radical (unpaired) electrons. The first-order chi connectivity index (χ1) is 35.9. The van der Waals surface area contributed by atoms with Crippen molar-refractivity contribution in [3.05, 3.63) is 160 Å². The summed E-state index contributed by atoms with van der Waals surface area (Å²) in [5.74, 6) is 0. The number of benzene rings is 7. The number of fused-ring (bicyclic) bond motifs is 12. The Morgan fingerprint density at radius 2 is 1.08 bits per heavy atom. The maximum absolute atomic E-state index is 2.82. The zero-order chi connectivity index (χ0) is 53.0. The highest BCUT2D eigenvalue weighted by Crippen LogP contribution is 2.62. The summed E-state index contributed by atoms with van der Waals surface area (Å²) in [4.78, 5) is 8.27. The van der Waals surface area contributed by atoms with Gasteiger partial charge in [0, 0.05) is 60.7 Å². The van der Waals surface area contributed by atoms with E-state index in [9.17, 15) is 0 Å². The summed E-state index contributed by atoms with van der Waals surface area (Å²) in [5.41, 5.74) is 25.3. The fourth-order valence-electron chi connectivity index (χ4n) is 16.1. The topological polar surface area (TPSA) is 9.72 Å². The number of aryl methyl sites for hydroxylation is 1. The molecule has 2 atom stereocenters. The molecule has 2 unspecified atom stereocenters. The van der Waals surface area contributed by atoms with Crippen LogP contribution in [0.15, 0.2) is 121 Å². The van der Waals surface area contributed by atoms with Gasteiger partial charge in [0.1, 0.15) is 0 Å². The van der Waals surface area contributed by atoms with Crippen molar-refractivity contribution in [2.75, 3.05) is 14.7 Å². The highest BCUT2D eigenvalue weighted by Gasteiger charge is 2.58. The standard InChI is InChI=1S/C71H78BN3S/c1-43-36-60-63-61(37-43)74(57-22-19-21-48-47-20-15-16-23-62(47)76-64(48)57)58-40-46(75-56-29-24-44(65(2,3)4)38-53(56)70(13)30-17-18-31-71(70,75)14)26-28-54(58)72(63)55-41-51-52(69(11,12)35-34-68(51,9)10)42-59(55)73(60)45-25-27-49-50(39-45)67(7,8)33-32-66(49,5)6/h15-16,19-29,36-42H,17-18,30-35H2,1-14H3. The van der Waals surface area contributed by atoms with Crippen LogP contribution in [-0.4, -0.2) is 12.3 Å². The van der Waals surface area contributed by atoms with Crippen molar-refractivity contribution in [2.45, 2.75) is 186 Å². The minimum absolute atomic E-state index is 0.0197. The Kier molecular flexibility index (Phi) is 10.0. The number of hydrogen-bond acceptors (Lipinski definition) is 4. The van der Waals surface area contributed by atoms with Gasteiger partial charge in [-0.1, -0.05) is 157 Å². The molecule has 0 bridgehead atoms. The smallest absolute Gasteiger partial charge is 0.252 e. The van der Waals surface area contributed by atoms with E-state index in [1.54, 1.807) is 0 Å². The summed E-state index contributed by atoms with van der Waals surface area (Å²) < 4.78 is 2.68. The summed E-state index contributed by atoms with van der Waals surface area (Å²) >= 11 is 1.95. The van der Waals surface area contributed by atoms with Crippen molar-refractivity contribution in [2.24, 2.45) is 0 Å². The Morgan fingerprint density at radius 3 is 1.80 bits per heavy atom. The number of thiophene rings is 1. The zero-order valence-electron chi connectivity index (χ0n) is 48.0. The molecule has 3 aliphatic carbocycles. The van der Waals surface area contributed by atoms with Crippen molar-refractivity contribution in [1.29, 1.82) is 0 Å². The summed E-state index contributed by atoms with van der Waals surface area (Å²) in [6, 6.07) is 49.5. The molecule has 0 saturated heterocycles. The Labute approximate surface area is 458 Å². The largest absolute Gasteiger partial charge is 0.334 e. The predicted molar refractivity (Wildman–Crippen MR) is 330 cm³/mol. The summed E-state index contributed by atoms with van der Waals surface area (Å²) in [5, 5.41) is 2.66. The molecule has 7 aromatic carbocycles. The molecule has 3 aliphatic heterocycles. The fraction of sp³-hybridized carbons (Fsp3) is 0.408. The quantitative estimate of drug-likeness (QED) is 0.163. The van der Waals surface area contributed by atoms with E-state index in [-0.39, 0.29) is 44.7 Å². The average molecular weight is 1020 g/mol. The SMILES string of the molecule is Cc1cc2c3c(c1)N(c1cccc4c1sc1ccccc14)c1cc(N4c5ccc(C(C)(C)C)cc5C5(C)CCCCC45C)ccc1B3c1cc3c(cc1N2c1ccc2c(c1)C(C)(C)CCC2(C)C)C(C)(C)CCC3(C)C. The van der Waals surface area contributed by atoms with Gasteiger partial charge >= 0.3 is 0 Å². The third-order valence-electron chi connectivity index (χ3n) is 21.1. The van der Waals surface area contributed by atoms with Crippen molar-refractivity contribution in [3.63, 3.8) is 0 Å². The van der Waals surface area contributed by atoms with Crippen molar-refractivity contribution in [1.82, 2.24) is 0 Å². The molecular weight excluding hydrogens is 938 g/mol. The highest BCUT2D eigenvalue weighted by atomic mass is 32.1. The first-order valence-electron chi connectivity index (χ1n) is 29.0. The second-order valence-corrected chi connectivity index (χ2v) is 29.7. The lowest BCUT2D eigenvalue weighted by Gasteiger charge is -2.51. The lowest BCUT2D eigenvalue weighted by atomic mass is 9.33. The summed E-state index contributed by atoms with van der Waals surface area (Å²) in [6.45, 7) is 34.6. The second-order valence-electron chi connectivity index (χ2n) is 28.7. The van der Waals surface area contributed by atoms with Crippen LogP contribution < -0.4 is 31.1 Å². The van der Waals surface area contributed by atoms with E-state index in [0.717, 1.165) is 6.42 Å². The van der Waals surface area contributed by atoms with Gasteiger partial charge in [-0.2, -0.15) is 0 Å². The molecule has 76 heavy (non-hydrogen) atoms. The van der Waals surface area contributed by atoms with E-state index in [0.29, 0.717) is 0 Å². The molecule has 0 N–H and O–H groups in total. The van der Waals surface area contributed by atoms with Gasteiger partial charge in [-0.05, 0) is 195 Å². The molecule has 386 valence electrons. The van der Waals surface area contributed by atoms with Gasteiger partial charge in [-0.15, -0.1) is 11.3 Å². The number of anilines is 8. The molecule has 1 saturated carbocycles. The minimum Gasteiger partial charge on any atom is -0.334 e. The van der Waals surface area contributed by atoms with E-state index in [4.69, 9.17) is 0 Å². The lowest BCUT2D eigenvalue weighted by molar-refractivity contribution is 0.195. The Balaban J connectivity index is 1.08. The molecule has 5 heteroatoms.